The van der Waals surface area contributed by atoms with E-state index in [-0.39, 0.29) is 5.02 Å². The summed E-state index contributed by atoms with van der Waals surface area (Å²) in [6.45, 7) is 1.88. The molecule has 0 aliphatic carbocycles. The van der Waals surface area contributed by atoms with Gasteiger partial charge in [0.05, 0.1) is 5.02 Å². The zero-order chi connectivity index (χ0) is 14.0. The second-order valence-electron chi connectivity index (χ2n) is 4.82. The van der Waals surface area contributed by atoms with E-state index in [1.54, 1.807) is 12.1 Å². The molecule has 2 N–H and O–H groups in total. The minimum atomic E-state index is -0.668. The largest absolute Gasteiger partial charge is 0.321 e. The average Bonchev–Trinajstić information content (AvgIpc) is 2.34. The van der Waals surface area contributed by atoms with E-state index in [0.29, 0.717) is 11.4 Å². The highest BCUT2D eigenvalue weighted by Gasteiger charge is 2.24. The van der Waals surface area contributed by atoms with Gasteiger partial charge in [-0.25, -0.2) is 4.39 Å². The van der Waals surface area contributed by atoms with Crippen molar-refractivity contribution in [3.63, 3.8) is 0 Å². The highest BCUT2D eigenvalue weighted by molar-refractivity contribution is 6.31. The smallest absolute Gasteiger partial charge is 0.142 e. The Morgan fingerprint density at radius 1 is 1.11 bits per heavy atom. The molecule has 0 amide bonds. The van der Waals surface area contributed by atoms with Crippen LogP contribution in [-0.2, 0) is 12.0 Å². The lowest BCUT2D eigenvalue weighted by molar-refractivity contribution is 0.490. The summed E-state index contributed by atoms with van der Waals surface area (Å²) < 4.78 is 13.4. The summed E-state index contributed by atoms with van der Waals surface area (Å²) in [7, 11) is 0. The van der Waals surface area contributed by atoms with Crippen molar-refractivity contribution in [3.8, 4) is 0 Å². The van der Waals surface area contributed by atoms with Crippen LogP contribution in [0.4, 0.5) is 4.39 Å². The van der Waals surface area contributed by atoms with Crippen molar-refractivity contribution in [2.45, 2.75) is 18.9 Å². The predicted molar refractivity (Wildman–Crippen MR) is 78.1 cm³/mol. The number of nitrogens with two attached hydrogens (primary N) is 1. The van der Waals surface area contributed by atoms with Crippen molar-refractivity contribution in [2.75, 3.05) is 0 Å². The van der Waals surface area contributed by atoms with Gasteiger partial charge in [0.2, 0.25) is 0 Å². The number of benzene rings is 2. The highest BCUT2D eigenvalue weighted by atomic mass is 35.5. The van der Waals surface area contributed by atoms with Gasteiger partial charge in [-0.3, -0.25) is 0 Å². The molecule has 2 aromatic carbocycles. The number of rotatable bonds is 3. The maximum Gasteiger partial charge on any atom is 0.142 e. The van der Waals surface area contributed by atoms with Gasteiger partial charge in [-0.2, -0.15) is 0 Å². The Balaban J connectivity index is 2.31. The van der Waals surface area contributed by atoms with Crippen molar-refractivity contribution in [1.29, 1.82) is 0 Å². The minimum Gasteiger partial charge on any atom is -0.321 e. The molecule has 100 valence electrons. The Bertz CT molecular complexity index is 596. The molecule has 0 saturated heterocycles. The topological polar surface area (TPSA) is 26.0 Å². The second-order valence-corrected chi connectivity index (χ2v) is 5.64. The molecule has 0 heterocycles. The first-order valence-corrected chi connectivity index (χ1v) is 6.63. The van der Waals surface area contributed by atoms with Gasteiger partial charge in [-0.05, 0) is 42.7 Å². The molecule has 2 aromatic rings. The van der Waals surface area contributed by atoms with Crippen molar-refractivity contribution >= 4 is 23.2 Å². The van der Waals surface area contributed by atoms with Gasteiger partial charge in [-0.15, -0.1) is 0 Å². The van der Waals surface area contributed by atoms with Crippen LogP contribution in [-0.4, -0.2) is 0 Å². The van der Waals surface area contributed by atoms with Crippen LogP contribution < -0.4 is 5.73 Å². The summed E-state index contributed by atoms with van der Waals surface area (Å²) >= 11 is 11.8. The van der Waals surface area contributed by atoms with Crippen LogP contribution in [0.1, 0.15) is 18.1 Å². The van der Waals surface area contributed by atoms with Crippen LogP contribution in [0.3, 0.4) is 0 Å². The van der Waals surface area contributed by atoms with E-state index in [0.717, 1.165) is 11.1 Å². The first-order valence-electron chi connectivity index (χ1n) is 5.88. The second kappa shape index (κ2) is 5.49. The molecule has 2 rings (SSSR count). The summed E-state index contributed by atoms with van der Waals surface area (Å²) in [4.78, 5) is 0. The van der Waals surface area contributed by atoms with Gasteiger partial charge in [-0.1, -0.05) is 47.5 Å². The van der Waals surface area contributed by atoms with Crippen molar-refractivity contribution < 1.29 is 4.39 Å². The van der Waals surface area contributed by atoms with Gasteiger partial charge in [0.1, 0.15) is 5.82 Å². The third-order valence-electron chi connectivity index (χ3n) is 3.04. The fourth-order valence-electron chi connectivity index (χ4n) is 2.09. The lowest BCUT2D eigenvalue weighted by Crippen LogP contribution is -2.35. The Labute approximate surface area is 122 Å². The molecule has 0 aromatic heterocycles. The average molecular weight is 298 g/mol. The Morgan fingerprint density at radius 3 is 2.42 bits per heavy atom. The number of hydrogen-bond donors (Lipinski definition) is 1. The lowest BCUT2D eigenvalue weighted by atomic mass is 9.86. The fraction of sp³-hybridized carbons (Fsp3) is 0.200. The highest BCUT2D eigenvalue weighted by Crippen LogP contribution is 2.29. The molecule has 1 atom stereocenters. The lowest BCUT2D eigenvalue weighted by Gasteiger charge is -2.26. The molecule has 19 heavy (non-hydrogen) atoms. The summed E-state index contributed by atoms with van der Waals surface area (Å²) in [5.74, 6) is -0.436. The minimum absolute atomic E-state index is 0.111. The van der Waals surface area contributed by atoms with Crippen LogP contribution in [0.25, 0.3) is 0 Å². The van der Waals surface area contributed by atoms with Gasteiger partial charge in [0.15, 0.2) is 0 Å². The van der Waals surface area contributed by atoms with Gasteiger partial charge < -0.3 is 5.73 Å². The molecule has 0 saturated carbocycles. The van der Waals surface area contributed by atoms with Crippen LogP contribution in [0.2, 0.25) is 10.0 Å². The van der Waals surface area contributed by atoms with Crippen LogP contribution in [0.15, 0.2) is 42.5 Å². The maximum absolute atomic E-state index is 13.4. The van der Waals surface area contributed by atoms with E-state index in [1.807, 2.05) is 25.1 Å². The summed E-state index contributed by atoms with van der Waals surface area (Å²) in [6.07, 6.45) is 0.477. The van der Waals surface area contributed by atoms with Crippen LogP contribution in [0.5, 0.6) is 0 Å². The molecule has 0 bridgehead atoms. The Hall–Kier alpha value is -1.09. The van der Waals surface area contributed by atoms with Crippen LogP contribution in [0, 0.1) is 5.82 Å². The molecular weight excluding hydrogens is 284 g/mol. The first kappa shape index (κ1) is 14.3. The van der Waals surface area contributed by atoms with Crippen LogP contribution >= 0.6 is 23.2 Å². The molecular formula is C15H14Cl2FN. The molecule has 1 unspecified atom stereocenters. The van der Waals surface area contributed by atoms with Gasteiger partial charge in [0, 0.05) is 10.6 Å². The molecule has 0 aliphatic rings. The normalized spacial score (nSPS) is 14.2. The third kappa shape index (κ3) is 3.27. The van der Waals surface area contributed by atoms with E-state index >= 15 is 0 Å². The predicted octanol–water partition coefficient (Wildman–Crippen LogP) is 4.55. The van der Waals surface area contributed by atoms with E-state index in [1.165, 1.54) is 12.1 Å². The molecule has 4 heteroatoms. The zero-order valence-electron chi connectivity index (χ0n) is 10.5. The van der Waals surface area contributed by atoms with Crippen molar-refractivity contribution in [1.82, 2.24) is 0 Å². The number of hydrogen-bond acceptors (Lipinski definition) is 1. The van der Waals surface area contributed by atoms with E-state index < -0.39 is 11.4 Å². The first-order chi connectivity index (χ1) is 8.90. The van der Waals surface area contributed by atoms with Gasteiger partial charge >= 0.3 is 0 Å². The fourth-order valence-corrected chi connectivity index (χ4v) is 2.56. The molecule has 1 nitrogen and oxygen atoms in total. The third-order valence-corrected chi connectivity index (χ3v) is 3.68. The molecule has 0 aliphatic heterocycles. The number of halogens is 3. The zero-order valence-corrected chi connectivity index (χ0v) is 12.0. The van der Waals surface area contributed by atoms with Gasteiger partial charge in [0.25, 0.3) is 0 Å². The van der Waals surface area contributed by atoms with Crippen molar-refractivity contribution in [3.05, 3.63) is 69.5 Å². The summed E-state index contributed by atoms with van der Waals surface area (Å²) in [5.41, 5.74) is 7.28. The summed E-state index contributed by atoms with van der Waals surface area (Å²) in [6, 6.07) is 12.1. The maximum atomic E-state index is 13.4. The van der Waals surface area contributed by atoms with E-state index in [9.17, 15) is 4.39 Å². The Kier molecular flexibility index (Phi) is 4.14. The molecule has 0 fully saturated rings. The van der Waals surface area contributed by atoms with E-state index in [2.05, 4.69) is 0 Å². The standard InChI is InChI=1S/C15H14Cl2FN/c1-15(19,11-4-2-3-5-12(11)16)9-10-6-7-13(17)14(18)8-10/h2-8H,9,19H2,1H3. The Morgan fingerprint density at radius 2 is 1.79 bits per heavy atom. The monoisotopic (exact) mass is 297 g/mol. The molecule has 0 radical (unpaired) electrons. The van der Waals surface area contributed by atoms with E-state index in [4.69, 9.17) is 28.9 Å². The quantitative estimate of drug-likeness (QED) is 0.884. The van der Waals surface area contributed by atoms with Crippen molar-refractivity contribution in [2.24, 2.45) is 5.73 Å². The summed E-state index contributed by atoms with van der Waals surface area (Å²) in [5, 5.41) is 0.724. The molecule has 0 spiro atoms. The SMILES string of the molecule is CC(N)(Cc1ccc(Cl)c(F)c1)c1ccccc1Cl.